The second-order valence-corrected chi connectivity index (χ2v) is 7.80. The Morgan fingerprint density at radius 3 is 2.57 bits per heavy atom. The molecule has 0 unspecified atom stereocenters. The van der Waals surface area contributed by atoms with E-state index in [1.54, 1.807) is 0 Å². The summed E-state index contributed by atoms with van der Waals surface area (Å²) in [4.78, 5) is 13.3. The van der Waals surface area contributed by atoms with Crippen LogP contribution in [0, 0.1) is 5.95 Å². The lowest BCUT2D eigenvalue weighted by Crippen LogP contribution is -2.23. The summed E-state index contributed by atoms with van der Waals surface area (Å²) in [6, 6.07) is 2.92. The van der Waals surface area contributed by atoms with Crippen molar-refractivity contribution in [3.8, 4) is 17.2 Å². The van der Waals surface area contributed by atoms with E-state index in [9.17, 15) is 27.9 Å². The summed E-state index contributed by atoms with van der Waals surface area (Å²) in [5.74, 6) is -4.27. The molecule has 4 N–H and O–H groups in total. The molecule has 2 rings (SSSR count). The van der Waals surface area contributed by atoms with Crippen molar-refractivity contribution in [2.45, 2.75) is 4.90 Å². The SMILES string of the molecule is CN(O)S(=O)(=O)c1cc(Oc2c(Cl)c(F)nc(NCC(=O)O)c2Cl)ccc1O. The number of halogens is 3. The Balaban J connectivity index is 2.50. The first-order chi connectivity index (χ1) is 12.9. The molecule has 28 heavy (non-hydrogen) atoms. The molecule has 0 atom stereocenters. The van der Waals surface area contributed by atoms with Crippen molar-refractivity contribution in [3.63, 3.8) is 0 Å². The number of hydrogen-bond acceptors (Lipinski definition) is 8. The third-order valence-electron chi connectivity index (χ3n) is 3.18. The lowest BCUT2D eigenvalue weighted by Gasteiger charge is -2.15. The van der Waals surface area contributed by atoms with Crippen molar-refractivity contribution in [3.05, 3.63) is 34.2 Å². The highest BCUT2D eigenvalue weighted by atomic mass is 35.5. The van der Waals surface area contributed by atoms with Crippen LogP contribution < -0.4 is 10.1 Å². The number of carboxylic acids is 1. The predicted octanol–water partition coefficient (Wildman–Crippen LogP) is 2.53. The summed E-state index contributed by atoms with van der Waals surface area (Å²) in [7, 11) is -3.62. The van der Waals surface area contributed by atoms with Crippen LogP contribution in [-0.4, -0.2) is 52.9 Å². The molecule has 152 valence electrons. The quantitative estimate of drug-likeness (QED) is 0.364. The van der Waals surface area contributed by atoms with E-state index in [1.165, 1.54) is 0 Å². The van der Waals surface area contributed by atoms with Gasteiger partial charge in [-0.15, -0.1) is 0 Å². The molecule has 0 radical (unpaired) electrons. The zero-order valence-corrected chi connectivity index (χ0v) is 16.2. The topological polar surface area (TPSA) is 149 Å². The van der Waals surface area contributed by atoms with Gasteiger partial charge < -0.3 is 20.3 Å². The van der Waals surface area contributed by atoms with Crippen LogP contribution in [-0.2, 0) is 14.8 Å². The molecule has 0 fully saturated rings. The van der Waals surface area contributed by atoms with E-state index < -0.39 is 49.9 Å². The molecule has 0 bridgehead atoms. The monoisotopic (exact) mass is 455 g/mol. The van der Waals surface area contributed by atoms with Gasteiger partial charge in [0.1, 0.15) is 33.0 Å². The van der Waals surface area contributed by atoms with Gasteiger partial charge in [0.2, 0.25) is 5.95 Å². The molecule has 2 aromatic rings. The van der Waals surface area contributed by atoms with E-state index in [0.29, 0.717) is 0 Å². The number of anilines is 1. The number of benzene rings is 1. The maximum Gasteiger partial charge on any atom is 0.322 e. The van der Waals surface area contributed by atoms with Gasteiger partial charge in [0.25, 0.3) is 10.0 Å². The van der Waals surface area contributed by atoms with Gasteiger partial charge in [0.15, 0.2) is 11.6 Å². The maximum atomic E-state index is 13.9. The van der Waals surface area contributed by atoms with Crippen molar-refractivity contribution in [2.75, 3.05) is 18.9 Å². The normalized spacial score (nSPS) is 11.5. The largest absolute Gasteiger partial charge is 0.507 e. The summed E-state index contributed by atoms with van der Waals surface area (Å²) in [6.07, 6.45) is 0. The molecular weight excluding hydrogens is 444 g/mol. The van der Waals surface area contributed by atoms with Crippen molar-refractivity contribution in [1.29, 1.82) is 0 Å². The molecule has 0 saturated heterocycles. The van der Waals surface area contributed by atoms with E-state index in [4.69, 9.17) is 33.0 Å². The molecule has 1 aromatic carbocycles. The average Bonchev–Trinajstić information content (AvgIpc) is 2.61. The lowest BCUT2D eigenvalue weighted by molar-refractivity contribution is -0.134. The van der Waals surface area contributed by atoms with E-state index in [0.717, 1.165) is 25.2 Å². The first kappa shape index (κ1) is 21.9. The number of phenolic OH excluding ortho intramolecular Hbond substituents is 1. The Bertz CT molecular complexity index is 1030. The van der Waals surface area contributed by atoms with Crippen molar-refractivity contribution in [1.82, 2.24) is 9.45 Å². The molecule has 0 aliphatic rings. The van der Waals surface area contributed by atoms with E-state index in [2.05, 4.69) is 10.3 Å². The average molecular weight is 456 g/mol. The second-order valence-electron chi connectivity index (χ2n) is 5.13. The number of aliphatic carboxylic acids is 1. The van der Waals surface area contributed by atoms with Gasteiger partial charge >= 0.3 is 5.97 Å². The smallest absolute Gasteiger partial charge is 0.322 e. The van der Waals surface area contributed by atoms with Gasteiger partial charge in [-0.3, -0.25) is 10.0 Å². The fourth-order valence-corrected chi connectivity index (χ4v) is 3.23. The number of carboxylic acid groups (broad SMARTS) is 1. The minimum atomic E-state index is -4.45. The van der Waals surface area contributed by atoms with Gasteiger partial charge in [0, 0.05) is 13.1 Å². The number of pyridine rings is 1. The first-order valence-corrected chi connectivity index (χ1v) is 9.33. The Labute approximate surface area is 167 Å². The number of phenols is 1. The minimum absolute atomic E-state index is 0.119. The highest BCUT2D eigenvalue weighted by Crippen LogP contribution is 2.42. The number of nitrogens with one attached hydrogen (secondary N) is 1. The number of aromatic nitrogens is 1. The van der Waals surface area contributed by atoms with Gasteiger partial charge in [0.05, 0.1) is 0 Å². The van der Waals surface area contributed by atoms with Crippen LogP contribution in [0.3, 0.4) is 0 Å². The van der Waals surface area contributed by atoms with Crippen molar-refractivity contribution < 1.29 is 37.8 Å². The van der Waals surface area contributed by atoms with E-state index in [-0.39, 0.29) is 21.1 Å². The van der Waals surface area contributed by atoms with Crippen LogP contribution in [0.2, 0.25) is 10.0 Å². The van der Waals surface area contributed by atoms with Gasteiger partial charge in [-0.05, 0) is 12.1 Å². The molecule has 1 aromatic heterocycles. The fourth-order valence-electron chi connectivity index (χ4n) is 1.88. The molecular formula is C14H12Cl2FN3O7S. The summed E-state index contributed by atoms with van der Waals surface area (Å²) in [5, 5.41) is 28.9. The number of sulfonamides is 1. The van der Waals surface area contributed by atoms with Gasteiger partial charge in [-0.25, -0.2) is 8.42 Å². The molecule has 0 aliphatic heterocycles. The molecule has 0 spiro atoms. The Hall–Kier alpha value is -2.38. The van der Waals surface area contributed by atoms with Gasteiger partial charge in [-0.1, -0.05) is 27.7 Å². The second kappa shape index (κ2) is 8.32. The number of carbonyl (C=O) groups is 1. The number of aromatic hydroxyl groups is 1. The molecule has 0 aliphatic carbocycles. The number of hydroxylamine groups is 1. The van der Waals surface area contributed by atoms with Crippen LogP contribution in [0.1, 0.15) is 0 Å². The Morgan fingerprint density at radius 1 is 1.36 bits per heavy atom. The van der Waals surface area contributed by atoms with E-state index in [1.807, 2.05) is 0 Å². The fraction of sp³-hybridized carbons (Fsp3) is 0.143. The standard InChI is InChI=1S/C14H12Cl2FN3O7S/c1-20(24)28(25,26)8-4-6(2-3-7(8)21)27-12-10(15)13(17)19-14(11(12)16)18-5-9(22)23/h2-4,21,24H,5H2,1H3,(H,18,19)(H,22,23). The minimum Gasteiger partial charge on any atom is -0.507 e. The van der Waals surface area contributed by atoms with Crippen LogP contribution in [0.15, 0.2) is 23.1 Å². The number of rotatable bonds is 7. The highest BCUT2D eigenvalue weighted by molar-refractivity contribution is 7.89. The van der Waals surface area contributed by atoms with Gasteiger partial charge in [-0.2, -0.15) is 9.37 Å². The molecule has 0 amide bonds. The van der Waals surface area contributed by atoms with E-state index >= 15 is 0 Å². The number of hydrogen-bond donors (Lipinski definition) is 4. The number of ether oxygens (including phenoxy) is 1. The van der Waals surface area contributed by atoms with Crippen LogP contribution in [0.25, 0.3) is 0 Å². The summed E-state index contributed by atoms with van der Waals surface area (Å²) < 4.78 is 43.2. The van der Waals surface area contributed by atoms with Crippen LogP contribution in [0.4, 0.5) is 10.2 Å². The predicted molar refractivity (Wildman–Crippen MR) is 95.3 cm³/mol. The first-order valence-electron chi connectivity index (χ1n) is 7.14. The summed E-state index contributed by atoms with van der Waals surface area (Å²) in [6.45, 7) is -0.627. The summed E-state index contributed by atoms with van der Waals surface area (Å²) >= 11 is 11.8. The maximum absolute atomic E-state index is 13.9. The summed E-state index contributed by atoms with van der Waals surface area (Å²) in [5.41, 5.74) is 0. The van der Waals surface area contributed by atoms with Crippen LogP contribution >= 0.6 is 23.2 Å². The Morgan fingerprint density at radius 2 is 2.00 bits per heavy atom. The van der Waals surface area contributed by atoms with Crippen molar-refractivity contribution in [2.24, 2.45) is 0 Å². The lowest BCUT2D eigenvalue weighted by atomic mass is 10.3. The molecule has 14 heteroatoms. The zero-order chi connectivity index (χ0) is 21.2. The third-order valence-corrected chi connectivity index (χ3v) is 5.44. The Kier molecular flexibility index (Phi) is 6.52. The highest BCUT2D eigenvalue weighted by Gasteiger charge is 2.25. The van der Waals surface area contributed by atoms with Crippen LogP contribution in [0.5, 0.6) is 17.2 Å². The van der Waals surface area contributed by atoms with Crippen molar-refractivity contribution >= 4 is 45.0 Å². The molecule has 0 saturated carbocycles. The zero-order valence-electron chi connectivity index (χ0n) is 13.9. The molecule has 10 nitrogen and oxygen atoms in total. The number of nitrogens with zero attached hydrogens (tertiary/aromatic N) is 2. The third kappa shape index (κ3) is 4.54. The molecule has 1 heterocycles.